The fourth-order valence-corrected chi connectivity index (χ4v) is 2.28. The van der Waals surface area contributed by atoms with Crippen LogP contribution in [0.5, 0.6) is 0 Å². The molecule has 3 rings (SSSR count). The van der Waals surface area contributed by atoms with Crippen LogP contribution in [-0.2, 0) is 9.73 Å². The number of rotatable bonds is 4. The highest BCUT2D eigenvalue weighted by Gasteiger charge is 2.38. The average molecular weight is 337 g/mol. The molecule has 1 unspecified atom stereocenters. The van der Waals surface area contributed by atoms with E-state index in [1.165, 1.54) is 6.92 Å². The molecule has 1 N–H and O–H groups in total. The van der Waals surface area contributed by atoms with E-state index in [9.17, 15) is 14.8 Å². The largest absolute Gasteiger partial charge is 0.285 e. The monoisotopic (exact) mass is 337 g/mol. The van der Waals surface area contributed by atoms with E-state index in [1.54, 1.807) is 36.4 Å². The van der Waals surface area contributed by atoms with Crippen LogP contribution in [0.4, 0.5) is 0 Å². The Morgan fingerprint density at radius 1 is 1.00 bits per heavy atom. The second kappa shape index (κ2) is 6.87. The van der Waals surface area contributed by atoms with Crippen LogP contribution in [0.15, 0.2) is 54.6 Å². The topological polar surface area (TPSA) is 76.1 Å². The molecule has 0 aliphatic carbocycles. The Morgan fingerprint density at radius 2 is 1.56 bits per heavy atom. The highest BCUT2D eigenvalue weighted by atomic mass is 17.1. The first-order valence-electron chi connectivity index (χ1n) is 7.55. The lowest BCUT2D eigenvalue weighted by Gasteiger charge is -2.22. The Hall–Kier alpha value is -2.98. The Labute approximate surface area is 144 Å². The highest BCUT2D eigenvalue weighted by molar-refractivity contribution is 6.20. The maximum atomic E-state index is 12.2. The predicted octanol–water partition coefficient (Wildman–Crippen LogP) is 2.51. The van der Waals surface area contributed by atoms with E-state index in [-0.39, 0.29) is 17.7 Å². The zero-order valence-corrected chi connectivity index (χ0v) is 13.4. The van der Waals surface area contributed by atoms with Crippen LogP contribution in [0.25, 0.3) is 0 Å². The lowest BCUT2D eigenvalue weighted by molar-refractivity contribution is -0.316. The molecule has 1 aliphatic rings. The smallest absolute Gasteiger partial charge is 0.266 e. The Bertz CT molecular complexity index is 833. The molecule has 0 bridgehead atoms. The van der Waals surface area contributed by atoms with Gasteiger partial charge in [-0.1, -0.05) is 42.2 Å². The second-order valence-electron chi connectivity index (χ2n) is 5.66. The maximum Gasteiger partial charge on any atom is 0.285 e. The Balaban J connectivity index is 1.73. The summed E-state index contributed by atoms with van der Waals surface area (Å²) in [6.45, 7) is 1.18. The molecule has 6 heteroatoms. The number of benzene rings is 2. The minimum absolute atomic E-state index is 0.273. The van der Waals surface area contributed by atoms with Gasteiger partial charge in [-0.15, -0.1) is 5.06 Å². The van der Waals surface area contributed by atoms with Gasteiger partial charge in [0.15, 0.2) is 5.60 Å². The van der Waals surface area contributed by atoms with E-state index in [1.807, 2.05) is 18.2 Å². The van der Waals surface area contributed by atoms with E-state index < -0.39 is 17.4 Å². The summed E-state index contributed by atoms with van der Waals surface area (Å²) < 4.78 is 0. The summed E-state index contributed by atoms with van der Waals surface area (Å²) in [5.41, 5.74) is -0.138. The van der Waals surface area contributed by atoms with Gasteiger partial charge < -0.3 is 0 Å². The summed E-state index contributed by atoms with van der Waals surface area (Å²) in [6, 6.07) is 15.6. The van der Waals surface area contributed by atoms with Crippen molar-refractivity contribution in [1.82, 2.24) is 5.06 Å². The fourth-order valence-electron chi connectivity index (χ4n) is 2.28. The van der Waals surface area contributed by atoms with Crippen molar-refractivity contribution in [3.8, 4) is 11.8 Å². The molecule has 0 fully saturated rings. The van der Waals surface area contributed by atoms with Gasteiger partial charge in [-0.25, -0.2) is 4.89 Å². The third-order valence-corrected chi connectivity index (χ3v) is 3.67. The summed E-state index contributed by atoms with van der Waals surface area (Å²) in [5, 5.41) is 9.83. The third kappa shape index (κ3) is 3.44. The Kier molecular flexibility index (Phi) is 4.63. The maximum absolute atomic E-state index is 12.2. The lowest BCUT2D eigenvalue weighted by atomic mass is 10.1. The zero-order chi connectivity index (χ0) is 17.9. The quantitative estimate of drug-likeness (QED) is 0.401. The minimum atomic E-state index is -1.41. The molecule has 0 saturated heterocycles. The molecule has 0 aromatic heterocycles. The van der Waals surface area contributed by atoms with Crippen molar-refractivity contribution in [2.24, 2.45) is 0 Å². The molecule has 0 radical (unpaired) electrons. The molecule has 126 valence electrons. The highest BCUT2D eigenvalue weighted by Crippen LogP contribution is 2.23. The number of imide groups is 1. The minimum Gasteiger partial charge on any atom is -0.266 e. The summed E-state index contributed by atoms with van der Waals surface area (Å²) in [6.07, 6.45) is 0. The number of nitrogens with zero attached hydrogens (tertiary/aromatic N) is 1. The second-order valence-corrected chi connectivity index (χ2v) is 5.66. The standard InChI is InChI=1S/C19H15NO5/c1-19(25-23,12-11-14-7-3-2-4-8-14)13-24-20-17(21)15-9-5-6-10-16(15)18(20)22/h2-10,23H,13H2,1H3. The van der Waals surface area contributed by atoms with Gasteiger partial charge in [0.2, 0.25) is 0 Å². The van der Waals surface area contributed by atoms with E-state index in [2.05, 4.69) is 16.7 Å². The average Bonchev–Trinajstić information content (AvgIpc) is 2.90. The van der Waals surface area contributed by atoms with E-state index in [4.69, 9.17) is 4.84 Å². The van der Waals surface area contributed by atoms with Gasteiger partial charge in [0, 0.05) is 5.56 Å². The van der Waals surface area contributed by atoms with Gasteiger partial charge in [0.25, 0.3) is 11.8 Å². The molecule has 0 saturated carbocycles. The number of amides is 2. The normalized spacial score (nSPS) is 15.4. The first-order chi connectivity index (χ1) is 12.0. The zero-order valence-electron chi connectivity index (χ0n) is 13.4. The molecule has 1 atom stereocenters. The number of fused-ring (bicyclic) bond motifs is 1. The summed E-state index contributed by atoms with van der Waals surface area (Å²) in [7, 11) is 0. The SMILES string of the molecule is CC(C#Cc1ccccc1)(CON1C(=O)c2ccccc2C1=O)OO. The molecule has 2 aromatic carbocycles. The molecular weight excluding hydrogens is 322 g/mol. The number of hydrogen-bond acceptors (Lipinski definition) is 5. The Morgan fingerprint density at radius 3 is 2.12 bits per heavy atom. The van der Waals surface area contributed by atoms with Crippen LogP contribution in [0.1, 0.15) is 33.2 Å². The van der Waals surface area contributed by atoms with E-state index in [0.717, 1.165) is 5.56 Å². The molecule has 6 nitrogen and oxygen atoms in total. The van der Waals surface area contributed by atoms with Gasteiger partial charge in [0.1, 0.15) is 6.61 Å². The molecule has 0 spiro atoms. The molecular formula is C19H15NO5. The van der Waals surface area contributed by atoms with Crippen LogP contribution in [0.3, 0.4) is 0 Å². The summed E-state index contributed by atoms with van der Waals surface area (Å²) in [5.74, 6) is 4.47. The molecule has 2 amide bonds. The van der Waals surface area contributed by atoms with Crippen molar-refractivity contribution < 1.29 is 24.6 Å². The van der Waals surface area contributed by atoms with Crippen LogP contribution in [0, 0.1) is 11.8 Å². The van der Waals surface area contributed by atoms with Gasteiger partial charge >= 0.3 is 0 Å². The number of hydroxylamine groups is 2. The first kappa shape index (κ1) is 16.9. The number of carbonyl (C=O) groups is 2. The fraction of sp³-hybridized carbons (Fsp3) is 0.158. The van der Waals surface area contributed by atoms with Gasteiger partial charge in [-0.2, -0.15) is 0 Å². The molecule has 2 aromatic rings. The van der Waals surface area contributed by atoms with Crippen molar-refractivity contribution in [3.05, 3.63) is 71.3 Å². The van der Waals surface area contributed by atoms with Crippen molar-refractivity contribution in [2.45, 2.75) is 12.5 Å². The van der Waals surface area contributed by atoms with Gasteiger partial charge in [0.05, 0.1) is 11.1 Å². The molecule has 25 heavy (non-hydrogen) atoms. The van der Waals surface area contributed by atoms with Gasteiger partial charge in [-0.3, -0.25) is 19.7 Å². The third-order valence-electron chi connectivity index (χ3n) is 3.67. The van der Waals surface area contributed by atoms with Crippen molar-refractivity contribution in [3.63, 3.8) is 0 Å². The van der Waals surface area contributed by atoms with E-state index >= 15 is 0 Å². The van der Waals surface area contributed by atoms with Crippen molar-refractivity contribution in [2.75, 3.05) is 6.61 Å². The summed E-state index contributed by atoms with van der Waals surface area (Å²) in [4.78, 5) is 34.2. The van der Waals surface area contributed by atoms with Crippen molar-refractivity contribution in [1.29, 1.82) is 0 Å². The van der Waals surface area contributed by atoms with E-state index in [0.29, 0.717) is 5.06 Å². The van der Waals surface area contributed by atoms with Crippen LogP contribution < -0.4 is 0 Å². The summed E-state index contributed by atoms with van der Waals surface area (Å²) >= 11 is 0. The van der Waals surface area contributed by atoms with Crippen LogP contribution >= 0.6 is 0 Å². The molecule has 1 heterocycles. The van der Waals surface area contributed by atoms with Gasteiger partial charge in [-0.05, 0) is 31.2 Å². The first-order valence-corrected chi connectivity index (χ1v) is 7.55. The number of hydrogen-bond donors (Lipinski definition) is 1. The van der Waals surface area contributed by atoms with Crippen molar-refractivity contribution >= 4 is 11.8 Å². The van der Waals surface area contributed by atoms with Crippen LogP contribution in [0.2, 0.25) is 0 Å². The molecule has 1 aliphatic heterocycles. The van der Waals surface area contributed by atoms with Crippen LogP contribution in [-0.4, -0.2) is 34.3 Å². The number of carbonyl (C=O) groups excluding carboxylic acids is 2. The predicted molar refractivity (Wildman–Crippen MR) is 88.3 cm³/mol. The lowest BCUT2D eigenvalue weighted by Crippen LogP contribution is -2.39.